The van der Waals surface area contributed by atoms with Crippen molar-refractivity contribution in [3.63, 3.8) is 0 Å². The molecule has 144 valence electrons. The van der Waals surface area contributed by atoms with Gasteiger partial charge in [-0.3, -0.25) is 9.48 Å². The normalized spacial score (nSPS) is 21.5. The monoisotopic (exact) mass is 378 g/mol. The van der Waals surface area contributed by atoms with Gasteiger partial charge in [-0.1, -0.05) is 17.3 Å². The lowest BCUT2D eigenvalue weighted by atomic mass is 9.98. The molecule has 28 heavy (non-hydrogen) atoms. The van der Waals surface area contributed by atoms with E-state index in [0.717, 1.165) is 34.0 Å². The first-order valence-corrected chi connectivity index (χ1v) is 9.44. The Morgan fingerprint density at radius 2 is 2.07 bits per heavy atom. The first-order chi connectivity index (χ1) is 13.4. The van der Waals surface area contributed by atoms with Crippen LogP contribution in [0.15, 0.2) is 35.5 Å². The van der Waals surface area contributed by atoms with Gasteiger partial charge in [0.2, 0.25) is 5.60 Å². The molecule has 2 aromatic heterocycles. The van der Waals surface area contributed by atoms with Gasteiger partial charge in [0.15, 0.2) is 5.82 Å². The summed E-state index contributed by atoms with van der Waals surface area (Å²) in [5.41, 5.74) is 3.80. The van der Waals surface area contributed by atoms with E-state index >= 15 is 0 Å². The lowest BCUT2D eigenvalue weighted by molar-refractivity contribution is -0.154. The summed E-state index contributed by atoms with van der Waals surface area (Å²) in [4.78, 5) is 25.0. The smallest absolute Gasteiger partial charge is 0.270 e. The number of aromatic nitrogens is 4. The fraction of sp³-hybridized carbons (Fsp3) is 0.400. The Balaban J connectivity index is 1.43. The summed E-state index contributed by atoms with van der Waals surface area (Å²) in [6.07, 6.45) is 0.534. The van der Waals surface area contributed by atoms with Crippen LogP contribution < -0.4 is 0 Å². The number of oxime groups is 1. The van der Waals surface area contributed by atoms with E-state index in [9.17, 15) is 4.79 Å². The Morgan fingerprint density at radius 3 is 2.82 bits per heavy atom. The molecule has 8 nitrogen and oxygen atoms in total. The molecule has 1 atom stereocenters. The van der Waals surface area contributed by atoms with E-state index in [1.54, 1.807) is 0 Å². The number of carbonyl (C=O) groups excluding carboxylic acids is 1. The zero-order chi connectivity index (χ0) is 19.5. The molecule has 0 bridgehead atoms. The quantitative estimate of drug-likeness (QED) is 0.686. The van der Waals surface area contributed by atoms with Gasteiger partial charge in [0.25, 0.3) is 5.91 Å². The summed E-state index contributed by atoms with van der Waals surface area (Å²) in [5, 5.41) is 8.70. The minimum absolute atomic E-state index is 0.0233. The number of rotatable bonds is 2. The summed E-state index contributed by atoms with van der Waals surface area (Å²) >= 11 is 0. The van der Waals surface area contributed by atoms with Gasteiger partial charge in [-0.25, -0.2) is 4.98 Å². The van der Waals surface area contributed by atoms with Gasteiger partial charge in [0, 0.05) is 20.0 Å². The Kier molecular flexibility index (Phi) is 3.59. The molecule has 4 heterocycles. The third kappa shape index (κ3) is 2.51. The van der Waals surface area contributed by atoms with Crippen molar-refractivity contribution in [3.05, 3.63) is 36.0 Å². The van der Waals surface area contributed by atoms with Crippen molar-refractivity contribution < 1.29 is 9.63 Å². The Labute approximate surface area is 162 Å². The maximum absolute atomic E-state index is 13.0. The van der Waals surface area contributed by atoms with Crippen molar-refractivity contribution >= 4 is 22.7 Å². The zero-order valence-electron chi connectivity index (χ0n) is 16.2. The molecule has 0 radical (unpaired) electrons. The molecular formula is C20H22N6O2. The molecular weight excluding hydrogens is 356 g/mol. The van der Waals surface area contributed by atoms with Crippen molar-refractivity contribution in [3.8, 4) is 11.5 Å². The van der Waals surface area contributed by atoms with Crippen molar-refractivity contribution in [2.24, 2.45) is 12.2 Å². The van der Waals surface area contributed by atoms with Gasteiger partial charge in [-0.2, -0.15) is 5.10 Å². The highest BCUT2D eigenvalue weighted by Gasteiger charge is 2.44. The van der Waals surface area contributed by atoms with Crippen LogP contribution in [0.2, 0.25) is 0 Å². The van der Waals surface area contributed by atoms with E-state index in [2.05, 4.69) is 15.8 Å². The van der Waals surface area contributed by atoms with Crippen LogP contribution in [0.1, 0.15) is 26.0 Å². The number of fused-ring (bicyclic) bond motifs is 2. The van der Waals surface area contributed by atoms with Gasteiger partial charge in [0.1, 0.15) is 5.69 Å². The average molecular weight is 378 g/mol. The van der Waals surface area contributed by atoms with Crippen LogP contribution >= 0.6 is 0 Å². The lowest BCUT2D eigenvalue weighted by Gasteiger charge is -2.32. The fourth-order valence-electron chi connectivity index (χ4n) is 4.10. The molecule has 2 aliphatic heterocycles. The number of hydrogen-bond donors (Lipinski definition) is 0. The second-order valence-corrected chi connectivity index (χ2v) is 7.78. The largest absolute Gasteiger partial charge is 0.379 e. The predicted molar refractivity (Wildman–Crippen MR) is 105 cm³/mol. The van der Waals surface area contributed by atoms with E-state index < -0.39 is 5.60 Å². The standard InChI is InChI=1S/C20H22N6O2/c1-13-11-20(2,28-23-13)19(27)25-8-9-26-14(12-25)10-16(22-26)18-21-15-6-4-5-7-17(15)24(18)3/h4-7,10H,8-9,11-12H2,1-3H3/t20-/m1/s1. The van der Waals surface area contributed by atoms with Gasteiger partial charge < -0.3 is 14.3 Å². The molecule has 0 aliphatic carbocycles. The minimum atomic E-state index is -0.896. The predicted octanol–water partition coefficient (Wildman–Crippen LogP) is 2.33. The van der Waals surface area contributed by atoms with Crippen LogP contribution in [0.25, 0.3) is 22.6 Å². The molecule has 8 heteroatoms. The number of hydrogen-bond acceptors (Lipinski definition) is 5. The van der Waals surface area contributed by atoms with Gasteiger partial charge >= 0.3 is 0 Å². The number of amides is 1. The third-order valence-corrected chi connectivity index (χ3v) is 5.55. The molecule has 2 aliphatic rings. The lowest BCUT2D eigenvalue weighted by Crippen LogP contribution is -2.49. The number of carbonyl (C=O) groups is 1. The molecule has 0 fully saturated rings. The van der Waals surface area contributed by atoms with Crippen LogP contribution in [0.3, 0.4) is 0 Å². The number of imidazole rings is 1. The Morgan fingerprint density at radius 1 is 1.25 bits per heavy atom. The second-order valence-electron chi connectivity index (χ2n) is 7.78. The van der Waals surface area contributed by atoms with Crippen LogP contribution in [0, 0.1) is 0 Å². The van der Waals surface area contributed by atoms with E-state index in [-0.39, 0.29) is 5.91 Å². The highest BCUT2D eigenvalue weighted by Crippen LogP contribution is 2.29. The summed E-state index contributed by atoms with van der Waals surface area (Å²) < 4.78 is 4.03. The van der Waals surface area contributed by atoms with E-state index in [4.69, 9.17) is 14.9 Å². The molecule has 0 saturated carbocycles. The van der Waals surface area contributed by atoms with Crippen LogP contribution in [0.5, 0.6) is 0 Å². The second kappa shape index (κ2) is 5.92. The number of nitrogens with zero attached hydrogens (tertiary/aromatic N) is 6. The number of benzene rings is 1. The summed E-state index contributed by atoms with van der Waals surface area (Å²) in [6.45, 7) is 5.46. The third-order valence-electron chi connectivity index (χ3n) is 5.55. The highest BCUT2D eigenvalue weighted by atomic mass is 16.7. The molecule has 5 rings (SSSR count). The molecule has 0 saturated heterocycles. The summed E-state index contributed by atoms with van der Waals surface area (Å²) in [7, 11) is 2.00. The van der Waals surface area contributed by atoms with Crippen LogP contribution in [-0.2, 0) is 29.8 Å². The fourth-order valence-corrected chi connectivity index (χ4v) is 4.10. The van der Waals surface area contributed by atoms with E-state index in [1.807, 2.05) is 54.7 Å². The molecule has 0 N–H and O–H groups in total. The van der Waals surface area contributed by atoms with E-state index in [1.165, 1.54) is 0 Å². The Bertz CT molecular complexity index is 1130. The Hall–Kier alpha value is -3.16. The van der Waals surface area contributed by atoms with Crippen LogP contribution in [-0.4, -0.2) is 48.0 Å². The first-order valence-electron chi connectivity index (χ1n) is 9.44. The molecule has 0 unspecified atom stereocenters. The van der Waals surface area contributed by atoms with Crippen molar-refractivity contribution in [1.29, 1.82) is 0 Å². The summed E-state index contributed by atoms with van der Waals surface area (Å²) in [6, 6.07) is 10.1. The van der Waals surface area contributed by atoms with Crippen molar-refractivity contribution in [2.75, 3.05) is 6.54 Å². The molecule has 1 aromatic carbocycles. The van der Waals surface area contributed by atoms with Crippen LogP contribution in [0.4, 0.5) is 0 Å². The zero-order valence-corrected chi connectivity index (χ0v) is 16.2. The average Bonchev–Trinajstić information content (AvgIpc) is 3.36. The first kappa shape index (κ1) is 17.0. The number of para-hydroxylation sites is 2. The molecule has 0 spiro atoms. The van der Waals surface area contributed by atoms with Crippen molar-refractivity contribution in [2.45, 2.75) is 39.0 Å². The van der Waals surface area contributed by atoms with Gasteiger partial charge in [-0.05, 0) is 32.0 Å². The molecule has 1 amide bonds. The van der Waals surface area contributed by atoms with E-state index in [0.29, 0.717) is 26.1 Å². The van der Waals surface area contributed by atoms with Gasteiger partial charge in [-0.15, -0.1) is 0 Å². The maximum Gasteiger partial charge on any atom is 0.270 e. The molecule has 3 aromatic rings. The van der Waals surface area contributed by atoms with Crippen molar-refractivity contribution in [1.82, 2.24) is 24.2 Å². The summed E-state index contributed by atoms with van der Waals surface area (Å²) in [5.74, 6) is 0.806. The number of aryl methyl sites for hydroxylation is 1. The topological polar surface area (TPSA) is 77.5 Å². The van der Waals surface area contributed by atoms with Gasteiger partial charge in [0.05, 0.1) is 35.5 Å². The minimum Gasteiger partial charge on any atom is -0.379 e. The maximum atomic E-state index is 13.0. The highest BCUT2D eigenvalue weighted by molar-refractivity contribution is 5.94. The SMILES string of the molecule is CC1=NO[C@@](C)(C(=O)N2CCn3nc(-c4nc5ccccc5n4C)cc3C2)C1.